The van der Waals surface area contributed by atoms with E-state index < -0.39 is 0 Å². The lowest BCUT2D eigenvalue weighted by Crippen LogP contribution is -2.08. The Morgan fingerprint density at radius 3 is 2.53 bits per heavy atom. The molecule has 0 aliphatic carbocycles. The quantitative estimate of drug-likeness (QED) is 0.818. The van der Waals surface area contributed by atoms with Gasteiger partial charge in [0.2, 0.25) is 0 Å². The fourth-order valence-electron chi connectivity index (χ4n) is 1.73. The van der Waals surface area contributed by atoms with Crippen molar-refractivity contribution in [1.82, 2.24) is 0 Å². The number of ether oxygens (including phenoxy) is 1. The van der Waals surface area contributed by atoms with Crippen LogP contribution in [0.15, 0.2) is 42.5 Å². The molecule has 0 aromatic heterocycles. The lowest BCUT2D eigenvalue weighted by molar-refractivity contribution is 0.244. The van der Waals surface area contributed by atoms with Crippen LogP contribution in [0, 0.1) is 5.82 Å². The van der Waals surface area contributed by atoms with Gasteiger partial charge in [-0.2, -0.15) is 0 Å². The Balaban J connectivity index is 2.33. The fraction of sp³-hybridized carbons (Fsp3) is 0.200. The Morgan fingerprint density at radius 1 is 1.11 bits per heavy atom. The van der Waals surface area contributed by atoms with Gasteiger partial charge in [0.25, 0.3) is 0 Å². The number of nitrogen functional groups attached to an aromatic ring is 1. The lowest BCUT2D eigenvalue weighted by atomic mass is 10.2. The molecule has 2 aromatic carbocycles. The van der Waals surface area contributed by atoms with Gasteiger partial charge in [-0.3, -0.25) is 0 Å². The van der Waals surface area contributed by atoms with Gasteiger partial charge in [0, 0.05) is 0 Å². The molecule has 100 valence electrons. The molecular formula is C15H17FN2O. The van der Waals surface area contributed by atoms with Crippen LogP contribution < -0.4 is 15.8 Å². The van der Waals surface area contributed by atoms with E-state index in [0.717, 1.165) is 0 Å². The fourth-order valence-corrected chi connectivity index (χ4v) is 1.73. The van der Waals surface area contributed by atoms with Crippen LogP contribution in [0.4, 0.5) is 21.5 Å². The van der Waals surface area contributed by atoms with Crippen molar-refractivity contribution in [3.8, 4) is 5.75 Å². The van der Waals surface area contributed by atoms with Crippen molar-refractivity contribution in [3.05, 3.63) is 48.3 Å². The summed E-state index contributed by atoms with van der Waals surface area (Å²) < 4.78 is 19.4. The number of nitrogens with two attached hydrogens (primary N) is 1. The van der Waals surface area contributed by atoms with Gasteiger partial charge in [-0.05, 0) is 38.1 Å². The van der Waals surface area contributed by atoms with E-state index in [1.54, 1.807) is 12.1 Å². The Morgan fingerprint density at radius 2 is 1.84 bits per heavy atom. The maximum Gasteiger partial charge on any atom is 0.148 e. The number of rotatable bonds is 4. The second kappa shape index (κ2) is 5.61. The van der Waals surface area contributed by atoms with Crippen molar-refractivity contribution in [2.75, 3.05) is 11.1 Å². The molecule has 3 nitrogen and oxygen atoms in total. The normalized spacial score (nSPS) is 10.5. The van der Waals surface area contributed by atoms with E-state index in [0.29, 0.717) is 17.1 Å². The van der Waals surface area contributed by atoms with Crippen molar-refractivity contribution >= 4 is 17.1 Å². The third-order valence-corrected chi connectivity index (χ3v) is 2.56. The topological polar surface area (TPSA) is 47.3 Å². The molecule has 19 heavy (non-hydrogen) atoms. The smallest absolute Gasteiger partial charge is 0.148 e. The average Bonchev–Trinajstić information content (AvgIpc) is 2.35. The van der Waals surface area contributed by atoms with Crippen LogP contribution in [0.3, 0.4) is 0 Å². The largest absolute Gasteiger partial charge is 0.489 e. The molecule has 0 saturated carbocycles. The van der Waals surface area contributed by atoms with Crippen LogP contribution in [0.2, 0.25) is 0 Å². The van der Waals surface area contributed by atoms with Gasteiger partial charge in [0.05, 0.1) is 23.2 Å². The second-order valence-electron chi connectivity index (χ2n) is 4.49. The molecule has 0 bridgehead atoms. The molecule has 0 atom stereocenters. The molecule has 0 unspecified atom stereocenters. The molecular weight excluding hydrogens is 243 g/mol. The molecule has 0 aliphatic heterocycles. The van der Waals surface area contributed by atoms with Crippen LogP contribution in [-0.4, -0.2) is 6.10 Å². The lowest BCUT2D eigenvalue weighted by Gasteiger charge is -2.16. The minimum atomic E-state index is -0.389. The van der Waals surface area contributed by atoms with Crippen LogP contribution >= 0.6 is 0 Å². The molecule has 0 fully saturated rings. The average molecular weight is 260 g/mol. The molecule has 0 amide bonds. The van der Waals surface area contributed by atoms with Crippen molar-refractivity contribution in [1.29, 1.82) is 0 Å². The van der Waals surface area contributed by atoms with Gasteiger partial charge >= 0.3 is 0 Å². The summed E-state index contributed by atoms with van der Waals surface area (Å²) in [5, 5.41) is 2.99. The molecule has 4 heteroatoms. The summed E-state index contributed by atoms with van der Waals surface area (Å²) in [4.78, 5) is 0. The molecule has 0 spiro atoms. The summed E-state index contributed by atoms with van der Waals surface area (Å²) >= 11 is 0. The molecule has 0 heterocycles. The van der Waals surface area contributed by atoms with E-state index in [2.05, 4.69) is 5.32 Å². The van der Waals surface area contributed by atoms with Crippen LogP contribution in [0.1, 0.15) is 13.8 Å². The summed E-state index contributed by atoms with van der Waals surface area (Å²) in [5.74, 6) is 0.277. The minimum absolute atomic E-state index is 0.0425. The maximum absolute atomic E-state index is 13.7. The predicted molar refractivity (Wildman–Crippen MR) is 76.3 cm³/mol. The van der Waals surface area contributed by atoms with Gasteiger partial charge in [0.1, 0.15) is 11.6 Å². The first-order valence-electron chi connectivity index (χ1n) is 6.14. The Labute approximate surface area is 112 Å². The Hall–Kier alpha value is -2.23. The summed E-state index contributed by atoms with van der Waals surface area (Å²) in [5.41, 5.74) is 7.09. The van der Waals surface area contributed by atoms with Crippen LogP contribution in [0.5, 0.6) is 5.75 Å². The van der Waals surface area contributed by atoms with Gasteiger partial charge < -0.3 is 15.8 Å². The van der Waals surface area contributed by atoms with Crippen molar-refractivity contribution in [2.24, 2.45) is 0 Å². The molecule has 2 rings (SSSR count). The number of nitrogens with one attached hydrogen (secondary N) is 1. The van der Waals surface area contributed by atoms with Crippen LogP contribution in [0.25, 0.3) is 0 Å². The molecule has 0 saturated heterocycles. The first-order chi connectivity index (χ1) is 9.08. The predicted octanol–water partition coefficient (Wildman–Crippen LogP) is 3.94. The highest BCUT2D eigenvalue weighted by Gasteiger charge is 2.10. The number of benzene rings is 2. The van der Waals surface area contributed by atoms with Gasteiger partial charge in [0.15, 0.2) is 0 Å². The first kappa shape index (κ1) is 13.2. The first-order valence-corrected chi connectivity index (χ1v) is 6.14. The van der Waals surface area contributed by atoms with E-state index in [4.69, 9.17) is 10.5 Å². The van der Waals surface area contributed by atoms with Crippen molar-refractivity contribution in [2.45, 2.75) is 20.0 Å². The monoisotopic (exact) mass is 260 g/mol. The summed E-state index contributed by atoms with van der Waals surface area (Å²) in [7, 11) is 0. The number of halogens is 1. The third kappa shape index (κ3) is 3.16. The van der Waals surface area contributed by atoms with E-state index in [1.165, 1.54) is 6.07 Å². The summed E-state index contributed by atoms with van der Waals surface area (Å²) in [6, 6.07) is 12.0. The van der Waals surface area contributed by atoms with Crippen molar-refractivity contribution < 1.29 is 9.13 Å². The molecule has 2 aromatic rings. The number of hydrogen-bond acceptors (Lipinski definition) is 3. The van der Waals surface area contributed by atoms with Gasteiger partial charge in [-0.25, -0.2) is 4.39 Å². The standard InChI is InChI=1S/C15H17FN2O/c1-10(2)19-14-9-4-3-8-13(14)18-15-11(16)6-5-7-12(15)17/h3-10,18H,17H2,1-2H3. The zero-order valence-corrected chi connectivity index (χ0v) is 11.0. The number of anilines is 3. The second-order valence-corrected chi connectivity index (χ2v) is 4.49. The highest BCUT2D eigenvalue weighted by molar-refractivity contribution is 5.75. The zero-order valence-electron chi connectivity index (χ0n) is 11.0. The number of para-hydroxylation sites is 3. The van der Waals surface area contributed by atoms with E-state index in [1.807, 2.05) is 38.1 Å². The molecule has 0 radical (unpaired) electrons. The molecule has 0 aliphatic rings. The Kier molecular flexibility index (Phi) is 3.90. The van der Waals surface area contributed by atoms with Gasteiger partial charge in [-0.1, -0.05) is 18.2 Å². The SMILES string of the molecule is CC(C)Oc1ccccc1Nc1c(N)cccc1F. The highest BCUT2D eigenvalue weighted by atomic mass is 19.1. The number of hydrogen-bond donors (Lipinski definition) is 2. The van der Waals surface area contributed by atoms with Crippen LogP contribution in [-0.2, 0) is 0 Å². The van der Waals surface area contributed by atoms with Gasteiger partial charge in [-0.15, -0.1) is 0 Å². The summed E-state index contributed by atoms with van der Waals surface area (Å²) in [6.45, 7) is 3.88. The minimum Gasteiger partial charge on any atom is -0.489 e. The Bertz CT molecular complexity index is 550. The maximum atomic E-state index is 13.7. The summed E-state index contributed by atoms with van der Waals surface area (Å²) in [6.07, 6.45) is 0.0425. The third-order valence-electron chi connectivity index (χ3n) is 2.56. The van der Waals surface area contributed by atoms with Crippen molar-refractivity contribution in [3.63, 3.8) is 0 Å². The van der Waals surface area contributed by atoms with E-state index in [9.17, 15) is 4.39 Å². The highest BCUT2D eigenvalue weighted by Crippen LogP contribution is 2.32. The molecule has 3 N–H and O–H groups in total. The zero-order chi connectivity index (χ0) is 13.8. The van der Waals surface area contributed by atoms with E-state index in [-0.39, 0.29) is 17.6 Å². The van der Waals surface area contributed by atoms with E-state index >= 15 is 0 Å².